The summed E-state index contributed by atoms with van der Waals surface area (Å²) >= 11 is 0. The number of para-hydroxylation sites is 1. The molecule has 3 rings (SSSR count). The zero-order valence-electron chi connectivity index (χ0n) is 15.1. The number of fused-ring (bicyclic) bond motifs is 2. The van der Waals surface area contributed by atoms with Crippen LogP contribution in [0.5, 0.6) is 0 Å². The van der Waals surface area contributed by atoms with E-state index in [1.54, 1.807) is 0 Å². The van der Waals surface area contributed by atoms with Crippen molar-refractivity contribution in [3.8, 4) is 0 Å². The Labute approximate surface area is 145 Å². The van der Waals surface area contributed by atoms with Crippen LogP contribution in [0, 0.1) is 0 Å². The van der Waals surface area contributed by atoms with Gasteiger partial charge < -0.3 is 4.90 Å². The number of rotatable bonds is 3. The maximum atomic E-state index is 4.24. The number of hydrogen-bond donors (Lipinski definition) is 0. The van der Waals surface area contributed by atoms with Crippen LogP contribution in [0.3, 0.4) is 0 Å². The zero-order chi connectivity index (χ0) is 17.3. The van der Waals surface area contributed by atoms with Crippen LogP contribution in [-0.2, 0) is 6.54 Å². The Bertz CT molecular complexity index is 723. The Balaban J connectivity index is 2.24. The van der Waals surface area contributed by atoms with Gasteiger partial charge in [0.25, 0.3) is 0 Å². The molecule has 0 spiro atoms. The fraction of sp³-hybridized carbons (Fsp3) is 0.381. The predicted molar refractivity (Wildman–Crippen MR) is 103 cm³/mol. The molecule has 24 heavy (non-hydrogen) atoms. The third-order valence-electron chi connectivity index (χ3n) is 5.17. The number of hydrogen-bond acceptors (Lipinski definition) is 3. The molecule has 0 amide bonds. The largest absolute Gasteiger partial charge is 0.364 e. The molecule has 0 aliphatic carbocycles. The fourth-order valence-electron chi connectivity index (χ4n) is 3.90. The van der Waals surface area contributed by atoms with E-state index in [2.05, 4.69) is 86.0 Å². The zero-order valence-corrected chi connectivity index (χ0v) is 15.1. The minimum absolute atomic E-state index is 0.168. The van der Waals surface area contributed by atoms with Gasteiger partial charge in [-0.25, -0.2) is 0 Å². The Morgan fingerprint density at radius 3 is 2.38 bits per heavy atom. The normalized spacial score (nSPS) is 20.0. The van der Waals surface area contributed by atoms with Crippen molar-refractivity contribution in [2.24, 2.45) is 5.10 Å². The molecule has 0 radical (unpaired) electrons. The maximum Gasteiger partial charge on any atom is 0.0802 e. The number of likely N-dealkylation sites (N-methyl/N-ethyl adjacent to an activating group) is 1. The first kappa shape index (κ1) is 16.6. The molecule has 0 saturated carbocycles. The summed E-state index contributed by atoms with van der Waals surface area (Å²) in [6, 6.07) is 18.1. The summed E-state index contributed by atoms with van der Waals surface area (Å²) < 4.78 is 0. The van der Waals surface area contributed by atoms with E-state index in [0.717, 1.165) is 6.54 Å². The molecule has 2 unspecified atom stereocenters. The first-order chi connectivity index (χ1) is 11.5. The fourth-order valence-corrected chi connectivity index (χ4v) is 3.90. The highest BCUT2D eigenvalue weighted by molar-refractivity contribution is 5.58. The summed E-state index contributed by atoms with van der Waals surface area (Å²) in [5, 5.41) is 6.25. The van der Waals surface area contributed by atoms with E-state index in [4.69, 9.17) is 0 Å². The molecule has 0 N–H and O–H groups in total. The van der Waals surface area contributed by atoms with Crippen LogP contribution in [-0.4, -0.2) is 24.8 Å². The van der Waals surface area contributed by atoms with Crippen molar-refractivity contribution >= 4 is 12.4 Å². The Morgan fingerprint density at radius 1 is 1.08 bits per heavy atom. The molecule has 1 aliphatic heterocycles. The Hall–Kier alpha value is -2.29. The van der Waals surface area contributed by atoms with E-state index >= 15 is 0 Å². The lowest BCUT2D eigenvalue weighted by Gasteiger charge is -2.40. The van der Waals surface area contributed by atoms with Gasteiger partial charge in [-0.15, -0.1) is 0 Å². The number of nitrogens with zero attached hydrogens (tertiary/aromatic N) is 3. The molecule has 3 nitrogen and oxygen atoms in total. The number of hydrazone groups is 1. The average molecular weight is 321 g/mol. The Morgan fingerprint density at radius 2 is 1.71 bits per heavy atom. The van der Waals surface area contributed by atoms with Crippen molar-refractivity contribution in [1.29, 1.82) is 0 Å². The van der Waals surface area contributed by atoms with Crippen LogP contribution in [0.2, 0.25) is 0 Å². The highest BCUT2D eigenvalue weighted by Crippen LogP contribution is 2.43. The molecule has 2 aromatic carbocycles. The van der Waals surface area contributed by atoms with Gasteiger partial charge in [-0.1, -0.05) is 49.4 Å². The van der Waals surface area contributed by atoms with E-state index in [-0.39, 0.29) is 6.04 Å². The molecule has 3 heteroatoms. The highest BCUT2D eigenvalue weighted by Gasteiger charge is 2.32. The van der Waals surface area contributed by atoms with Gasteiger partial charge in [0, 0.05) is 43.5 Å². The lowest BCUT2D eigenvalue weighted by molar-refractivity contribution is 0.228. The second-order valence-corrected chi connectivity index (χ2v) is 6.93. The van der Waals surface area contributed by atoms with Crippen molar-refractivity contribution in [3.63, 3.8) is 0 Å². The molecule has 1 heterocycles. The second kappa shape index (κ2) is 6.68. The monoisotopic (exact) mass is 321 g/mol. The number of benzene rings is 2. The van der Waals surface area contributed by atoms with Crippen LogP contribution in [0.1, 0.15) is 49.4 Å². The van der Waals surface area contributed by atoms with Crippen molar-refractivity contribution in [2.75, 3.05) is 11.9 Å². The quantitative estimate of drug-likeness (QED) is 0.597. The van der Waals surface area contributed by atoms with Gasteiger partial charge in [0.05, 0.1) is 6.04 Å². The summed E-state index contributed by atoms with van der Waals surface area (Å²) in [6.45, 7) is 11.5. The van der Waals surface area contributed by atoms with Crippen LogP contribution in [0.4, 0.5) is 5.69 Å². The third-order valence-corrected chi connectivity index (χ3v) is 5.17. The van der Waals surface area contributed by atoms with Gasteiger partial charge in [-0.05, 0) is 31.0 Å². The summed E-state index contributed by atoms with van der Waals surface area (Å²) in [6.07, 6.45) is 0. The van der Waals surface area contributed by atoms with Crippen LogP contribution >= 0.6 is 0 Å². The molecule has 126 valence electrons. The molecule has 0 aromatic heterocycles. The summed E-state index contributed by atoms with van der Waals surface area (Å²) in [5.74, 6) is 0.340. The minimum atomic E-state index is 0.168. The van der Waals surface area contributed by atoms with Crippen molar-refractivity contribution in [3.05, 3.63) is 65.2 Å². The average Bonchev–Trinajstić information content (AvgIpc) is 2.59. The van der Waals surface area contributed by atoms with Gasteiger partial charge >= 0.3 is 0 Å². The van der Waals surface area contributed by atoms with Gasteiger partial charge in [-0.2, -0.15) is 5.10 Å². The lowest BCUT2D eigenvalue weighted by Crippen LogP contribution is -2.36. The van der Waals surface area contributed by atoms with Crippen LogP contribution in [0.15, 0.2) is 53.6 Å². The van der Waals surface area contributed by atoms with E-state index in [9.17, 15) is 0 Å². The van der Waals surface area contributed by atoms with Crippen LogP contribution in [0.25, 0.3) is 0 Å². The topological polar surface area (TPSA) is 18.8 Å². The molecular formula is C21H27N3. The minimum Gasteiger partial charge on any atom is -0.364 e. The van der Waals surface area contributed by atoms with E-state index < -0.39 is 0 Å². The van der Waals surface area contributed by atoms with Gasteiger partial charge in [0.1, 0.15) is 0 Å². The summed E-state index contributed by atoms with van der Waals surface area (Å²) in [4.78, 5) is 2.49. The molecule has 0 fully saturated rings. The third kappa shape index (κ3) is 2.79. The molecular weight excluding hydrogens is 294 g/mol. The second-order valence-electron chi connectivity index (χ2n) is 6.93. The maximum absolute atomic E-state index is 4.24. The number of anilines is 1. The molecule has 2 atom stereocenters. The lowest BCUT2D eigenvalue weighted by atomic mass is 9.83. The molecule has 0 bridgehead atoms. The van der Waals surface area contributed by atoms with Crippen LogP contribution < -0.4 is 4.90 Å². The van der Waals surface area contributed by atoms with Gasteiger partial charge in [-0.3, -0.25) is 5.01 Å². The van der Waals surface area contributed by atoms with E-state index in [0.29, 0.717) is 12.0 Å². The Kier molecular flexibility index (Phi) is 4.61. The summed E-state index contributed by atoms with van der Waals surface area (Å²) in [5.41, 5.74) is 5.42. The van der Waals surface area contributed by atoms with Crippen molar-refractivity contribution in [1.82, 2.24) is 5.01 Å². The standard InChI is InChI=1S/C21H27N3/c1-15(2)24-14-17-10-6-7-11-18(17)16(3)21(23(5)22-4)19-12-8-9-13-20(19)24/h6-13,15-16,21H,4,14H2,1-3,5H3. The summed E-state index contributed by atoms with van der Waals surface area (Å²) in [7, 11) is 2.02. The van der Waals surface area contributed by atoms with E-state index in [1.807, 2.05) is 12.1 Å². The van der Waals surface area contributed by atoms with Crippen molar-refractivity contribution in [2.45, 2.75) is 45.3 Å². The van der Waals surface area contributed by atoms with Crippen molar-refractivity contribution < 1.29 is 0 Å². The van der Waals surface area contributed by atoms with Gasteiger partial charge in [0.2, 0.25) is 0 Å². The SMILES string of the molecule is C=NN(C)C1c2ccccc2N(C(C)C)Cc2ccccc2C1C. The smallest absolute Gasteiger partial charge is 0.0802 e. The molecule has 1 aliphatic rings. The van der Waals surface area contributed by atoms with Gasteiger partial charge in [0.15, 0.2) is 0 Å². The highest BCUT2D eigenvalue weighted by atomic mass is 15.4. The first-order valence-corrected chi connectivity index (χ1v) is 8.67. The first-order valence-electron chi connectivity index (χ1n) is 8.67. The van der Waals surface area contributed by atoms with E-state index in [1.165, 1.54) is 22.4 Å². The molecule has 0 saturated heterocycles. The predicted octanol–water partition coefficient (Wildman–Crippen LogP) is 4.81. The molecule has 2 aromatic rings.